The van der Waals surface area contributed by atoms with Gasteiger partial charge in [-0.25, -0.2) is 0 Å². The van der Waals surface area contributed by atoms with Gasteiger partial charge in [0, 0.05) is 22.5 Å². The van der Waals surface area contributed by atoms with Crippen LogP contribution < -0.4 is 0 Å². The molecule has 0 aliphatic carbocycles. The first-order valence-corrected chi connectivity index (χ1v) is 6.55. The van der Waals surface area contributed by atoms with E-state index >= 15 is 0 Å². The van der Waals surface area contributed by atoms with Crippen LogP contribution >= 0.6 is 23.5 Å². The molecular weight excluding hydrogens is 188 g/mol. The van der Waals surface area contributed by atoms with Crippen molar-refractivity contribution >= 4 is 23.5 Å². The normalized spacial score (nSPS) is 23.5. The number of hydrogen-bond donors (Lipinski definition) is 0. The van der Waals surface area contributed by atoms with E-state index in [1.165, 1.54) is 36.4 Å². The fourth-order valence-corrected chi connectivity index (χ4v) is 3.97. The Morgan fingerprint density at radius 2 is 2.42 bits per heavy atom. The molecule has 0 N–H and O–H groups in total. The number of ether oxygens (including phenoxy) is 1. The number of hydrogen-bond acceptors (Lipinski definition) is 3. The van der Waals surface area contributed by atoms with E-state index in [2.05, 4.69) is 30.1 Å². The van der Waals surface area contributed by atoms with Gasteiger partial charge in [0.15, 0.2) is 0 Å². The summed E-state index contributed by atoms with van der Waals surface area (Å²) in [6.07, 6.45) is 4.00. The molecule has 0 spiro atoms. The first kappa shape index (κ1) is 10.3. The minimum Gasteiger partial charge on any atom is -0.502 e. The second-order valence-corrected chi connectivity index (χ2v) is 5.31. The summed E-state index contributed by atoms with van der Waals surface area (Å²) in [5, 5.41) is 0.872. The Kier molecular flexibility index (Phi) is 5.78. The molecule has 0 amide bonds. The highest BCUT2D eigenvalue weighted by Crippen LogP contribution is 2.26. The number of thioether (sulfide) groups is 2. The molecule has 1 saturated heterocycles. The Bertz CT molecular complexity index is 122. The smallest absolute Gasteiger partial charge is 0.0873 e. The maximum atomic E-state index is 5.07. The molecule has 0 aromatic heterocycles. The Morgan fingerprint density at radius 3 is 3.08 bits per heavy atom. The molecule has 1 fully saturated rings. The summed E-state index contributed by atoms with van der Waals surface area (Å²) in [6, 6.07) is 0. The first-order valence-electron chi connectivity index (χ1n) is 4.35. The Morgan fingerprint density at radius 1 is 1.50 bits per heavy atom. The van der Waals surface area contributed by atoms with Crippen LogP contribution in [0.3, 0.4) is 0 Å². The monoisotopic (exact) mass is 204 g/mol. The van der Waals surface area contributed by atoms with E-state index in [4.69, 9.17) is 4.74 Å². The second-order valence-electron chi connectivity index (χ2n) is 2.75. The first-order chi connectivity index (χ1) is 5.93. The van der Waals surface area contributed by atoms with Gasteiger partial charge in [0.2, 0.25) is 0 Å². The van der Waals surface area contributed by atoms with Crippen molar-refractivity contribution in [2.75, 3.05) is 23.9 Å². The molecule has 3 heteroatoms. The van der Waals surface area contributed by atoms with Crippen molar-refractivity contribution < 1.29 is 4.74 Å². The van der Waals surface area contributed by atoms with Crippen LogP contribution in [0.5, 0.6) is 0 Å². The molecule has 0 bridgehead atoms. The van der Waals surface area contributed by atoms with E-state index in [9.17, 15) is 0 Å². The van der Waals surface area contributed by atoms with Crippen molar-refractivity contribution in [2.24, 2.45) is 0 Å². The van der Waals surface area contributed by atoms with Gasteiger partial charge >= 0.3 is 0 Å². The molecule has 70 valence electrons. The zero-order valence-electron chi connectivity index (χ0n) is 7.33. The summed E-state index contributed by atoms with van der Waals surface area (Å²) >= 11 is 4.20. The molecule has 1 unspecified atom stereocenters. The Labute approximate surface area is 83.3 Å². The molecule has 0 radical (unpaired) electrons. The van der Waals surface area contributed by atoms with Crippen molar-refractivity contribution in [1.29, 1.82) is 0 Å². The van der Waals surface area contributed by atoms with E-state index < -0.39 is 0 Å². The standard InChI is InChI=1S/C9H16OS2/c1-2-10-5-3-4-9-8-11-6-7-12-9/h2,9H,1,3-8H2. The molecule has 1 aliphatic heterocycles. The van der Waals surface area contributed by atoms with Gasteiger partial charge in [-0.2, -0.15) is 23.5 Å². The molecule has 0 aromatic carbocycles. The quantitative estimate of drug-likeness (QED) is 0.503. The van der Waals surface area contributed by atoms with Crippen LogP contribution in [0.15, 0.2) is 12.8 Å². The summed E-state index contributed by atoms with van der Waals surface area (Å²) < 4.78 is 5.07. The maximum absolute atomic E-state index is 5.07. The SMILES string of the molecule is C=COCCCC1CSCCS1. The van der Waals surface area contributed by atoms with Gasteiger partial charge in [0.05, 0.1) is 12.9 Å². The molecule has 1 nitrogen and oxygen atoms in total. The van der Waals surface area contributed by atoms with Crippen molar-refractivity contribution in [2.45, 2.75) is 18.1 Å². The minimum absolute atomic E-state index is 0.839. The highest BCUT2D eigenvalue weighted by Gasteiger charge is 2.13. The minimum atomic E-state index is 0.839. The van der Waals surface area contributed by atoms with Crippen LogP contribution in [-0.2, 0) is 4.74 Å². The van der Waals surface area contributed by atoms with Crippen molar-refractivity contribution in [3.05, 3.63) is 12.8 Å². The summed E-state index contributed by atoms with van der Waals surface area (Å²) in [4.78, 5) is 0. The van der Waals surface area contributed by atoms with E-state index in [0.29, 0.717) is 0 Å². The molecule has 1 heterocycles. The van der Waals surface area contributed by atoms with Gasteiger partial charge in [0.25, 0.3) is 0 Å². The molecule has 0 saturated carbocycles. The van der Waals surface area contributed by atoms with Gasteiger partial charge in [-0.15, -0.1) is 0 Å². The third-order valence-corrected chi connectivity index (χ3v) is 4.70. The number of rotatable bonds is 5. The second kappa shape index (κ2) is 6.72. The lowest BCUT2D eigenvalue weighted by atomic mass is 10.2. The summed E-state index contributed by atoms with van der Waals surface area (Å²) in [5.74, 6) is 4.00. The van der Waals surface area contributed by atoms with Gasteiger partial charge in [-0.1, -0.05) is 6.58 Å². The Hall–Kier alpha value is 0.240. The predicted octanol–water partition coefficient (Wildman–Crippen LogP) is 2.78. The van der Waals surface area contributed by atoms with Crippen molar-refractivity contribution in [1.82, 2.24) is 0 Å². The summed E-state index contributed by atoms with van der Waals surface area (Å²) in [6.45, 7) is 4.35. The lowest BCUT2D eigenvalue weighted by molar-refractivity contribution is 0.243. The van der Waals surface area contributed by atoms with E-state index in [1.54, 1.807) is 0 Å². The molecule has 12 heavy (non-hydrogen) atoms. The fourth-order valence-electron chi connectivity index (χ4n) is 1.18. The molecule has 1 aliphatic rings. The third kappa shape index (κ3) is 4.31. The molecule has 1 atom stereocenters. The largest absolute Gasteiger partial charge is 0.502 e. The Balaban J connectivity index is 1.94. The molecular formula is C9H16OS2. The predicted molar refractivity (Wildman–Crippen MR) is 59.0 cm³/mol. The van der Waals surface area contributed by atoms with Crippen LogP contribution in [0, 0.1) is 0 Å². The zero-order chi connectivity index (χ0) is 8.65. The summed E-state index contributed by atoms with van der Waals surface area (Å²) in [7, 11) is 0. The van der Waals surface area contributed by atoms with Crippen molar-refractivity contribution in [3.8, 4) is 0 Å². The highest BCUT2D eigenvalue weighted by atomic mass is 32.2. The molecule has 1 rings (SSSR count). The van der Waals surface area contributed by atoms with Crippen LogP contribution in [0.1, 0.15) is 12.8 Å². The third-order valence-electron chi connectivity index (χ3n) is 1.79. The van der Waals surface area contributed by atoms with E-state index in [0.717, 1.165) is 11.9 Å². The maximum Gasteiger partial charge on any atom is 0.0873 e. The van der Waals surface area contributed by atoms with Gasteiger partial charge in [-0.05, 0) is 12.8 Å². The average Bonchev–Trinajstić information content (AvgIpc) is 2.14. The van der Waals surface area contributed by atoms with Crippen molar-refractivity contribution in [3.63, 3.8) is 0 Å². The lowest BCUT2D eigenvalue weighted by Gasteiger charge is -2.20. The van der Waals surface area contributed by atoms with Gasteiger partial charge < -0.3 is 4.74 Å². The average molecular weight is 204 g/mol. The summed E-state index contributed by atoms with van der Waals surface area (Å²) in [5.41, 5.74) is 0. The van der Waals surface area contributed by atoms with Crippen LogP contribution in [-0.4, -0.2) is 29.1 Å². The zero-order valence-corrected chi connectivity index (χ0v) is 8.96. The van der Waals surface area contributed by atoms with Gasteiger partial charge in [0.1, 0.15) is 0 Å². The van der Waals surface area contributed by atoms with E-state index in [-0.39, 0.29) is 0 Å². The van der Waals surface area contributed by atoms with Crippen LogP contribution in [0.4, 0.5) is 0 Å². The van der Waals surface area contributed by atoms with Crippen LogP contribution in [0.25, 0.3) is 0 Å². The topological polar surface area (TPSA) is 9.23 Å². The van der Waals surface area contributed by atoms with Crippen LogP contribution in [0.2, 0.25) is 0 Å². The lowest BCUT2D eigenvalue weighted by Crippen LogP contribution is -2.14. The highest BCUT2D eigenvalue weighted by molar-refractivity contribution is 8.06. The van der Waals surface area contributed by atoms with Gasteiger partial charge in [-0.3, -0.25) is 0 Å². The molecule has 0 aromatic rings. The van der Waals surface area contributed by atoms with E-state index in [1.807, 2.05) is 0 Å². The fraction of sp³-hybridized carbons (Fsp3) is 0.778.